The zero-order valence-electron chi connectivity index (χ0n) is 6.63. The highest BCUT2D eigenvalue weighted by molar-refractivity contribution is 8.13. The molecule has 0 heterocycles. The molecule has 0 spiro atoms. The van der Waals surface area contributed by atoms with Crippen LogP contribution in [0.5, 0.6) is 0 Å². The molecule has 0 saturated carbocycles. The van der Waals surface area contributed by atoms with Gasteiger partial charge in [0, 0.05) is 0 Å². The largest absolute Gasteiger partial charge is 0.392 e. The van der Waals surface area contributed by atoms with E-state index in [1.54, 1.807) is 13.2 Å². The molecule has 0 aliphatic heterocycles. The van der Waals surface area contributed by atoms with Gasteiger partial charge in [-0.2, -0.15) is 0 Å². The lowest BCUT2D eigenvalue weighted by molar-refractivity contribution is -0.116. The SMILES string of the molecule is CC[C@@H](O)[C@H](C)C(=O)SC. The lowest BCUT2D eigenvalue weighted by Gasteiger charge is -2.13. The van der Waals surface area contributed by atoms with Gasteiger partial charge in [0.05, 0.1) is 12.0 Å². The van der Waals surface area contributed by atoms with Crippen LogP contribution in [0.2, 0.25) is 0 Å². The van der Waals surface area contributed by atoms with Crippen molar-refractivity contribution in [2.24, 2.45) is 5.92 Å². The first-order valence-electron chi connectivity index (χ1n) is 3.39. The van der Waals surface area contributed by atoms with Gasteiger partial charge in [0.25, 0.3) is 0 Å². The number of rotatable bonds is 3. The van der Waals surface area contributed by atoms with Crippen molar-refractivity contribution >= 4 is 16.9 Å². The number of thioether (sulfide) groups is 1. The molecular formula is C7H14O2S. The van der Waals surface area contributed by atoms with E-state index in [0.29, 0.717) is 6.42 Å². The standard InChI is InChI=1S/C7H14O2S/c1-4-6(8)5(2)7(9)10-3/h5-6,8H,4H2,1-3H3/t5-,6+/m0/s1. The Bertz CT molecular complexity index is 114. The lowest BCUT2D eigenvalue weighted by atomic mass is 10.1. The molecule has 0 aliphatic rings. The minimum absolute atomic E-state index is 0.0642. The molecule has 0 rings (SSSR count). The highest BCUT2D eigenvalue weighted by Crippen LogP contribution is 2.13. The summed E-state index contributed by atoms with van der Waals surface area (Å²) < 4.78 is 0. The van der Waals surface area contributed by atoms with Crippen LogP contribution in [-0.2, 0) is 4.79 Å². The zero-order valence-corrected chi connectivity index (χ0v) is 7.44. The number of aliphatic hydroxyl groups excluding tert-OH is 1. The molecule has 0 aromatic heterocycles. The molecule has 0 aliphatic carbocycles. The van der Waals surface area contributed by atoms with E-state index >= 15 is 0 Å². The number of carbonyl (C=O) groups excluding carboxylic acids is 1. The highest BCUT2D eigenvalue weighted by Gasteiger charge is 2.18. The van der Waals surface area contributed by atoms with Crippen molar-refractivity contribution in [1.82, 2.24) is 0 Å². The summed E-state index contributed by atoms with van der Waals surface area (Å²) in [6.07, 6.45) is 1.91. The number of aliphatic hydroxyl groups is 1. The molecule has 2 atom stereocenters. The quantitative estimate of drug-likeness (QED) is 0.679. The first-order valence-corrected chi connectivity index (χ1v) is 4.61. The normalized spacial score (nSPS) is 16.4. The Hall–Kier alpha value is -0.0200. The smallest absolute Gasteiger partial charge is 0.194 e. The summed E-state index contributed by atoms with van der Waals surface area (Å²) in [5.74, 6) is -0.222. The minimum Gasteiger partial charge on any atom is -0.392 e. The van der Waals surface area contributed by atoms with Gasteiger partial charge in [-0.1, -0.05) is 25.6 Å². The summed E-state index contributed by atoms with van der Waals surface area (Å²) in [7, 11) is 0. The molecule has 0 bridgehead atoms. The second-order valence-electron chi connectivity index (χ2n) is 2.29. The Kier molecular flexibility index (Phi) is 4.73. The van der Waals surface area contributed by atoms with Crippen molar-refractivity contribution in [2.75, 3.05) is 6.26 Å². The van der Waals surface area contributed by atoms with E-state index in [0.717, 1.165) is 0 Å². The molecule has 0 aromatic rings. The summed E-state index contributed by atoms with van der Waals surface area (Å²) in [4.78, 5) is 10.9. The fraction of sp³-hybridized carbons (Fsp3) is 0.857. The van der Waals surface area contributed by atoms with Crippen LogP contribution in [0.15, 0.2) is 0 Å². The summed E-state index contributed by atoms with van der Waals surface area (Å²) in [5, 5.41) is 9.26. The Morgan fingerprint density at radius 2 is 2.20 bits per heavy atom. The monoisotopic (exact) mass is 162 g/mol. The van der Waals surface area contributed by atoms with Crippen LogP contribution in [0.4, 0.5) is 0 Å². The third-order valence-corrected chi connectivity index (χ3v) is 2.34. The predicted octanol–water partition coefficient (Wildman–Crippen LogP) is 1.28. The van der Waals surface area contributed by atoms with E-state index < -0.39 is 6.10 Å². The number of hydrogen-bond donors (Lipinski definition) is 1. The Morgan fingerprint density at radius 3 is 2.50 bits per heavy atom. The second-order valence-corrected chi connectivity index (χ2v) is 3.10. The van der Waals surface area contributed by atoms with Crippen LogP contribution >= 0.6 is 11.8 Å². The van der Waals surface area contributed by atoms with Gasteiger partial charge in [-0.25, -0.2) is 0 Å². The summed E-state index contributed by atoms with van der Waals surface area (Å²) in [6, 6.07) is 0. The van der Waals surface area contributed by atoms with Gasteiger partial charge in [-0.05, 0) is 12.7 Å². The summed E-state index contributed by atoms with van der Waals surface area (Å²) in [5.41, 5.74) is 0. The van der Waals surface area contributed by atoms with Crippen molar-refractivity contribution < 1.29 is 9.90 Å². The maximum Gasteiger partial charge on any atom is 0.194 e. The van der Waals surface area contributed by atoms with Crippen molar-refractivity contribution in [2.45, 2.75) is 26.4 Å². The molecule has 2 nitrogen and oxygen atoms in total. The van der Waals surface area contributed by atoms with Gasteiger partial charge in [0.1, 0.15) is 0 Å². The predicted molar refractivity (Wildman–Crippen MR) is 44.0 cm³/mol. The van der Waals surface area contributed by atoms with E-state index in [-0.39, 0.29) is 11.0 Å². The fourth-order valence-corrected chi connectivity index (χ4v) is 1.23. The molecule has 0 amide bonds. The highest BCUT2D eigenvalue weighted by atomic mass is 32.2. The second kappa shape index (κ2) is 4.74. The van der Waals surface area contributed by atoms with Crippen molar-refractivity contribution in [3.8, 4) is 0 Å². The molecular weight excluding hydrogens is 148 g/mol. The number of hydrogen-bond acceptors (Lipinski definition) is 3. The van der Waals surface area contributed by atoms with E-state index in [2.05, 4.69) is 0 Å². The van der Waals surface area contributed by atoms with Gasteiger partial charge in [0.2, 0.25) is 0 Å². The minimum atomic E-state index is -0.472. The zero-order chi connectivity index (χ0) is 8.15. The van der Waals surface area contributed by atoms with E-state index in [1.165, 1.54) is 11.8 Å². The van der Waals surface area contributed by atoms with Crippen LogP contribution in [0, 0.1) is 5.92 Å². The fourth-order valence-electron chi connectivity index (χ4n) is 0.697. The van der Waals surface area contributed by atoms with Crippen LogP contribution < -0.4 is 0 Å². The molecule has 60 valence electrons. The number of carbonyl (C=O) groups is 1. The first-order chi connectivity index (χ1) is 4.63. The summed E-state index contributed by atoms with van der Waals surface area (Å²) >= 11 is 1.18. The van der Waals surface area contributed by atoms with Gasteiger partial charge in [-0.15, -0.1) is 0 Å². The average molecular weight is 162 g/mol. The van der Waals surface area contributed by atoms with Gasteiger partial charge < -0.3 is 5.11 Å². The molecule has 0 saturated heterocycles. The molecule has 10 heavy (non-hydrogen) atoms. The van der Waals surface area contributed by atoms with Gasteiger partial charge in [0.15, 0.2) is 5.12 Å². The topological polar surface area (TPSA) is 37.3 Å². The van der Waals surface area contributed by atoms with Crippen molar-refractivity contribution in [3.63, 3.8) is 0 Å². The Labute approximate surface area is 66.0 Å². The molecule has 0 radical (unpaired) electrons. The molecule has 0 fully saturated rings. The van der Waals surface area contributed by atoms with Crippen LogP contribution in [0.3, 0.4) is 0 Å². The average Bonchev–Trinajstić information content (AvgIpc) is 2.00. The lowest BCUT2D eigenvalue weighted by Crippen LogP contribution is -2.22. The molecule has 0 unspecified atom stereocenters. The molecule has 3 heteroatoms. The van der Waals surface area contributed by atoms with E-state index in [4.69, 9.17) is 0 Å². The van der Waals surface area contributed by atoms with Crippen molar-refractivity contribution in [3.05, 3.63) is 0 Å². The molecule has 1 N–H and O–H groups in total. The third kappa shape index (κ3) is 2.71. The van der Waals surface area contributed by atoms with Gasteiger partial charge >= 0.3 is 0 Å². The van der Waals surface area contributed by atoms with Crippen molar-refractivity contribution in [1.29, 1.82) is 0 Å². The maximum absolute atomic E-state index is 10.9. The Balaban J connectivity index is 3.81. The van der Waals surface area contributed by atoms with E-state index in [1.807, 2.05) is 6.92 Å². The first kappa shape index (κ1) is 9.98. The van der Waals surface area contributed by atoms with Crippen LogP contribution in [0.25, 0.3) is 0 Å². The third-order valence-electron chi connectivity index (χ3n) is 1.57. The van der Waals surface area contributed by atoms with Crippen LogP contribution in [-0.4, -0.2) is 22.6 Å². The summed E-state index contributed by atoms with van der Waals surface area (Å²) in [6.45, 7) is 3.63. The maximum atomic E-state index is 10.9. The Morgan fingerprint density at radius 1 is 1.70 bits per heavy atom. The van der Waals surface area contributed by atoms with Gasteiger partial charge in [-0.3, -0.25) is 4.79 Å². The van der Waals surface area contributed by atoms with Crippen LogP contribution in [0.1, 0.15) is 20.3 Å². The van der Waals surface area contributed by atoms with E-state index in [9.17, 15) is 9.90 Å². The molecule has 0 aromatic carbocycles.